The highest BCUT2D eigenvalue weighted by Crippen LogP contribution is 2.17. The molecule has 1 aliphatic heterocycles. The molecule has 162 valence electrons. The van der Waals surface area contributed by atoms with Crippen LogP contribution in [0.25, 0.3) is 11.4 Å². The van der Waals surface area contributed by atoms with Gasteiger partial charge in [0, 0.05) is 51.1 Å². The monoisotopic (exact) mass is 420 g/mol. The first kappa shape index (κ1) is 21.1. The summed E-state index contributed by atoms with van der Waals surface area (Å²) >= 11 is 0. The van der Waals surface area contributed by atoms with Crippen molar-refractivity contribution in [2.75, 3.05) is 32.8 Å². The van der Waals surface area contributed by atoms with E-state index in [1.807, 2.05) is 54.3 Å². The molecule has 1 amide bonds. The number of piperazine rings is 1. The fraction of sp³-hybridized carbons (Fsp3) is 0.375. The zero-order chi connectivity index (χ0) is 21.5. The number of rotatable bonds is 8. The normalized spacial score (nSPS) is 14.5. The number of carbonyl (C=O) groups excluding carboxylic acids is 1. The number of aromatic nitrogens is 2. The number of hydrogen-bond acceptors (Lipinski definition) is 6. The van der Waals surface area contributed by atoms with Gasteiger partial charge in [-0.05, 0) is 24.6 Å². The van der Waals surface area contributed by atoms with E-state index >= 15 is 0 Å². The number of hydrogen-bond donors (Lipinski definition) is 0. The van der Waals surface area contributed by atoms with Gasteiger partial charge in [0.2, 0.25) is 17.6 Å². The fourth-order valence-corrected chi connectivity index (χ4v) is 3.70. The number of nitrogens with zero attached hydrogens (tertiary/aromatic N) is 4. The number of ether oxygens (including phenoxy) is 1. The highest BCUT2D eigenvalue weighted by atomic mass is 16.5. The molecule has 1 saturated heterocycles. The molecule has 0 atom stereocenters. The SMILES string of the molecule is CCOc1ccc(CN2CCN(C(=O)CCc3nc(-c4ccccc4)no3)CC2)cc1. The Labute approximate surface area is 182 Å². The van der Waals surface area contributed by atoms with Crippen LogP contribution < -0.4 is 4.74 Å². The third-order valence-electron chi connectivity index (χ3n) is 5.42. The van der Waals surface area contributed by atoms with E-state index in [0.717, 1.165) is 44.0 Å². The van der Waals surface area contributed by atoms with Crippen molar-refractivity contribution in [1.29, 1.82) is 0 Å². The van der Waals surface area contributed by atoms with Gasteiger partial charge >= 0.3 is 0 Å². The predicted molar refractivity (Wildman–Crippen MR) is 118 cm³/mol. The summed E-state index contributed by atoms with van der Waals surface area (Å²) in [6, 6.07) is 17.9. The van der Waals surface area contributed by atoms with E-state index < -0.39 is 0 Å². The van der Waals surface area contributed by atoms with Crippen LogP contribution in [0.4, 0.5) is 0 Å². The Morgan fingerprint density at radius 1 is 1.03 bits per heavy atom. The Kier molecular flexibility index (Phi) is 6.94. The minimum Gasteiger partial charge on any atom is -0.494 e. The Bertz CT molecular complexity index is 964. The molecule has 0 radical (unpaired) electrons. The molecule has 1 fully saturated rings. The number of benzene rings is 2. The third-order valence-corrected chi connectivity index (χ3v) is 5.42. The molecule has 1 aromatic heterocycles. The van der Waals surface area contributed by atoms with Crippen LogP contribution in [0.1, 0.15) is 24.8 Å². The van der Waals surface area contributed by atoms with E-state index in [1.165, 1.54) is 5.56 Å². The van der Waals surface area contributed by atoms with Crippen molar-refractivity contribution >= 4 is 5.91 Å². The quantitative estimate of drug-likeness (QED) is 0.556. The Balaban J connectivity index is 1.21. The van der Waals surface area contributed by atoms with Gasteiger partial charge in [-0.3, -0.25) is 9.69 Å². The first-order valence-electron chi connectivity index (χ1n) is 10.8. The number of aryl methyl sites for hydroxylation is 1. The minimum absolute atomic E-state index is 0.139. The van der Waals surface area contributed by atoms with Gasteiger partial charge in [-0.15, -0.1) is 0 Å². The lowest BCUT2D eigenvalue weighted by Gasteiger charge is -2.34. The van der Waals surface area contributed by atoms with Crippen molar-refractivity contribution < 1.29 is 14.1 Å². The van der Waals surface area contributed by atoms with Crippen LogP contribution in [-0.2, 0) is 17.8 Å². The van der Waals surface area contributed by atoms with Crippen molar-refractivity contribution in [1.82, 2.24) is 19.9 Å². The average Bonchev–Trinajstić information content (AvgIpc) is 3.29. The zero-order valence-corrected chi connectivity index (χ0v) is 17.9. The standard InChI is InChI=1S/C24H28N4O3/c1-2-30-21-10-8-19(9-11-21)18-27-14-16-28(17-15-27)23(29)13-12-22-25-24(26-31-22)20-6-4-3-5-7-20/h3-11H,2,12-18H2,1H3. The lowest BCUT2D eigenvalue weighted by Crippen LogP contribution is -2.48. The maximum absolute atomic E-state index is 12.6. The topological polar surface area (TPSA) is 71.7 Å². The summed E-state index contributed by atoms with van der Waals surface area (Å²) in [5.74, 6) is 2.10. The summed E-state index contributed by atoms with van der Waals surface area (Å²) in [5.41, 5.74) is 2.17. The van der Waals surface area contributed by atoms with Crippen LogP contribution in [-0.4, -0.2) is 58.6 Å². The van der Waals surface area contributed by atoms with Gasteiger partial charge in [0.15, 0.2) is 0 Å². The molecule has 31 heavy (non-hydrogen) atoms. The van der Waals surface area contributed by atoms with Gasteiger partial charge in [0.25, 0.3) is 0 Å². The predicted octanol–water partition coefficient (Wildman–Crippen LogP) is 3.41. The molecule has 2 aromatic carbocycles. The molecule has 4 rings (SSSR count). The van der Waals surface area contributed by atoms with E-state index in [9.17, 15) is 4.79 Å². The molecule has 2 heterocycles. The minimum atomic E-state index is 0.139. The summed E-state index contributed by atoms with van der Waals surface area (Å²) in [7, 11) is 0. The van der Waals surface area contributed by atoms with Crippen LogP contribution in [0.15, 0.2) is 59.1 Å². The molecule has 7 nitrogen and oxygen atoms in total. The number of carbonyl (C=O) groups is 1. The van der Waals surface area contributed by atoms with Crippen molar-refractivity contribution in [2.45, 2.75) is 26.3 Å². The fourth-order valence-electron chi connectivity index (χ4n) is 3.70. The van der Waals surface area contributed by atoms with Gasteiger partial charge in [0.1, 0.15) is 5.75 Å². The van der Waals surface area contributed by atoms with E-state index in [2.05, 4.69) is 27.2 Å². The molecule has 0 saturated carbocycles. The second-order valence-corrected chi connectivity index (χ2v) is 7.61. The molecule has 3 aromatic rings. The Morgan fingerprint density at radius 2 is 1.77 bits per heavy atom. The molecule has 0 N–H and O–H groups in total. The van der Waals surface area contributed by atoms with Crippen LogP contribution in [0, 0.1) is 0 Å². The highest BCUT2D eigenvalue weighted by molar-refractivity contribution is 5.76. The molecule has 0 unspecified atom stereocenters. The number of amides is 1. The average molecular weight is 421 g/mol. The molecule has 0 bridgehead atoms. The van der Waals surface area contributed by atoms with Crippen LogP contribution in [0.3, 0.4) is 0 Å². The van der Waals surface area contributed by atoms with Crippen molar-refractivity contribution in [2.24, 2.45) is 0 Å². The molecule has 1 aliphatic rings. The van der Waals surface area contributed by atoms with Gasteiger partial charge in [-0.1, -0.05) is 47.6 Å². The summed E-state index contributed by atoms with van der Waals surface area (Å²) in [6.45, 7) is 6.78. The van der Waals surface area contributed by atoms with Crippen molar-refractivity contribution in [3.8, 4) is 17.1 Å². The lowest BCUT2D eigenvalue weighted by molar-refractivity contribution is -0.133. The smallest absolute Gasteiger partial charge is 0.227 e. The molecule has 0 spiro atoms. The third kappa shape index (κ3) is 5.70. The second-order valence-electron chi connectivity index (χ2n) is 7.61. The highest BCUT2D eigenvalue weighted by Gasteiger charge is 2.21. The first-order valence-corrected chi connectivity index (χ1v) is 10.8. The van der Waals surface area contributed by atoms with Gasteiger partial charge in [-0.25, -0.2) is 0 Å². The summed E-state index contributed by atoms with van der Waals surface area (Å²) in [6.07, 6.45) is 0.848. The van der Waals surface area contributed by atoms with E-state index in [-0.39, 0.29) is 5.91 Å². The molecular formula is C24H28N4O3. The Morgan fingerprint density at radius 3 is 2.48 bits per heavy atom. The van der Waals surface area contributed by atoms with Gasteiger partial charge in [0.05, 0.1) is 6.61 Å². The molecule has 0 aliphatic carbocycles. The van der Waals surface area contributed by atoms with Crippen LogP contribution in [0.2, 0.25) is 0 Å². The van der Waals surface area contributed by atoms with Crippen molar-refractivity contribution in [3.63, 3.8) is 0 Å². The van der Waals surface area contributed by atoms with E-state index in [0.29, 0.717) is 31.2 Å². The van der Waals surface area contributed by atoms with Gasteiger partial charge in [-0.2, -0.15) is 4.98 Å². The van der Waals surface area contributed by atoms with Crippen LogP contribution >= 0.6 is 0 Å². The lowest BCUT2D eigenvalue weighted by atomic mass is 10.2. The van der Waals surface area contributed by atoms with Crippen LogP contribution in [0.5, 0.6) is 5.75 Å². The molecule has 7 heteroatoms. The largest absolute Gasteiger partial charge is 0.494 e. The molecular weight excluding hydrogens is 392 g/mol. The van der Waals surface area contributed by atoms with E-state index in [1.54, 1.807) is 0 Å². The maximum atomic E-state index is 12.6. The van der Waals surface area contributed by atoms with Gasteiger partial charge < -0.3 is 14.2 Å². The summed E-state index contributed by atoms with van der Waals surface area (Å²) < 4.78 is 10.8. The van der Waals surface area contributed by atoms with Crippen molar-refractivity contribution in [3.05, 3.63) is 66.1 Å². The summed E-state index contributed by atoms with van der Waals surface area (Å²) in [5, 5.41) is 4.02. The maximum Gasteiger partial charge on any atom is 0.227 e. The summed E-state index contributed by atoms with van der Waals surface area (Å²) in [4.78, 5) is 21.3. The zero-order valence-electron chi connectivity index (χ0n) is 17.9. The van der Waals surface area contributed by atoms with E-state index in [4.69, 9.17) is 9.26 Å². The Hall–Kier alpha value is -3.19. The first-order chi connectivity index (χ1) is 15.2. The second kappa shape index (κ2) is 10.2.